The topological polar surface area (TPSA) is 29.9 Å². The van der Waals surface area contributed by atoms with Crippen LogP contribution in [0.3, 0.4) is 0 Å². The molecule has 0 aliphatic heterocycles. The van der Waals surface area contributed by atoms with Crippen LogP contribution in [0.1, 0.15) is 58.2 Å². The van der Waals surface area contributed by atoms with E-state index in [0.717, 1.165) is 25.4 Å². The molecule has 0 amide bonds. The standard InChI is InChI=1S/C16H29N3/c1-3-9-17-15(12-14-7-5-6-8-14)13-16-18-10-11-19(16)4-2/h10-11,14-15,17H,3-9,12-13H2,1-2H3. The third-order valence-corrected chi connectivity index (χ3v) is 4.35. The van der Waals surface area contributed by atoms with Gasteiger partial charge in [0, 0.05) is 31.4 Å². The first-order chi connectivity index (χ1) is 9.33. The number of hydrogen-bond donors (Lipinski definition) is 1. The highest BCUT2D eigenvalue weighted by atomic mass is 15.1. The highest BCUT2D eigenvalue weighted by Crippen LogP contribution is 2.29. The molecule has 2 rings (SSSR count). The average molecular weight is 263 g/mol. The maximum atomic E-state index is 4.53. The number of aryl methyl sites for hydroxylation is 1. The smallest absolute Gasteiger partial charge is 0.110 e. The Morgan fingerprint density at radius 2 is 2.16 bits per heavy atom. The lowest BCUT2D eigenvalue weighted by molar-refractivity contribution is 0.377. The van der Waals surface area contributed by atoms with E-state index in [1.54, 1.807) is 0 Å². The zero-order valence-corrected chi connectivity index (χ0v) is 12.6. The summed E-state index contributed by atoms with van der Waals surface area (Å²) in [4.78, 5) is 4.53. The predicted octanol–water partition coefficient (Wildman–Crippen LogP) is 3.39. The van der Waals surface area contributed by atoms with Gasteiger partial charge in [-0.15, -0.1) is 0 Å². The molecule has 0 saturated heterocycles. The first-order valence-electron chi connectivity index (χ1n) is 8.06. The molecule has 0 aromatic carbocycles. The minimum absolute atomic E-state index is 0.607. The van der Waals surface area contributed by atoms with Gasteiger partial charge >= 0.3 is 0 Å². The van der Waals surface area contributed by atoms with Gasteiger partial charge in [-0.25, -0.2) is 4.98 Å². The van der Waals surface area contributed by atoms with Crippen molar-refractivity contribution in [2.75, 3.05) is 6.54 Å². The molecule has 0 bridgehead atoms. The van der Waals surface area contributed by atoms with Gasteiger partial charge in [-0.3, -0.25) is 0 Å². The molecule has 1 aliphatic carbocycles. The van der Waals surface area contributed by atoms with Crippen LogP contribution in [0.15, 0.2) is 12.4 Å². The van der Waals surface area contributed by atoms with Gasteiger partial charge in [0.15, 0.2) is 0 Å². The lowest BCUT2D eigenvalue weighted by Crippen LogP contribution is -2.34. The summed E-state index contributed by atoms with van der Waals surface area (Å²) in [5.41, 5.74) is 0. The van der Waals surface area contributed by atoms with Crippen molar-refractivity contribution in [3.63, 3.8) is 0 Å². The van der Waals surface area contributed by atoms with Crippen LogP contribution in [-0.4, -0.2) is 22.1 Å². The fourth-order valence-electron chi connectivity index (χ4n) is 3.27. The molecule has 19 heavy (non-hydrogen) atoms. The van der Waals surface area contributed by atoms with Crippen molar-refractivity contribution in [3.8, 4) is 0 Å². The summed E-state index contributed by atoms with van der Waals surface area (Å²) in [6.07, 6.45) is 13.4. The minimum atomic E-state index is 0.607. The van der Waals surface area contributed by atoms with Crippen molar-refractivity contribution < 1.29 is 0 Å². The lowest BCUT2D eigenvalue weighted by atomic mass is 9.96. The summed E-state index contributed by atoms with van der Waals surface area (Å²) >= 11 is 0. The summed E-state index contributed by atoms with van der Waals surface area (Å²) in [6.45, 7) is 6.59. The summed E-state index contributed by atoms with van der Waals surface area (Å²) in [5, 5.41) is 3.73. The van der Waals surface area contributed by atoms with Gasteiger partial charge in [-0.2, -0.15) is 0 Å². The lowest BCUT2D eigenvalue weighted by Gasteiger charge is -2.22. The van der Waals surface area contributed by atoms with E-state index in [4.69, 9.17) is 0 Å². The highest BCUT2D eigenvalue weighted by molar-refractivity contribution is 4.96. The Bertz CT molecular complexity index is 353. The zero-order valence-electron chi connectivity index (χ0n) is 12.6. The molecule has 3 nitrogen and oxygen atoms in total. The van der Waals surface area contributed by atoms with Gasteiger partial charge in [0.1, 0.15) is 5.82 Å². The Kier molecular flexibility index (Phi) is 5.90. The molecule has 1 N–H and O–H groups in total. The van der Waals surface area contributed by atoms with Gasteiger partial charge in [-0.05, 0) is 32.2 Å². The van der Waals surface area contributed by atoms with Gasteiger partial charge in [0.25, 0.3) is 0 Å². The Hall–Kier alpha value is -0.830. The number of nitrogens with one attached hydrogen (secondary N) is 1. The Morgan fingerprint density at radius 1 is 1.37 bits per heavy atom. The van der Waals surface area contributed by atoms with E-state index >= 15 is 0 Å². The number of imidazole rings is 1. The minimum Gasteiger partial charge on any atom is -0.335 e. The molecule has 3 heteroatoms. The van der Waals surface area contributed by atoms with Gasteiger partial charge in [-0.1, -0.05) is 32.6 Å². The van der Waals surface area contributed by atoms with Gasteiger partial charge in [0.05, 0.1) is 0 Å². The molecule has 1 aliphatic rings. The first-order valence-corrected chi connectivity index (χ1v) is 8.06. The summed E-state index contributed by atoms with van der Waals surface area (Å²) in [5.74, 6) is 2.19. The third-order valence-electron chi connectivity index (χ3n) is 4.35. The molecular formula is C16H29N3. The van der Waals surface area contributed by atoms with Crippen molar-refractivity contribution in [2.45, 2.75) is 71.4 Å². The van der Waals surface area contributed by atoms with E-state index in [9.17, 15) is 0 Å². The number of nitrogens with zero attached hydrogens (tertiary/aromatic N) is 2. The van der Waals surface area contributed by atoms with Crippen LogP contribution in [0.2, 0.25) is 0 Å². The summed E-state index contributed by atoms with van der Waals surface area (Å²) < 4.78 is 2.27. The van der Waals surface area contributed by atoms with Crippen molar-refractivity contribution in [1.82, 2.24) is 14.9 Å². The fourth-order valence-corrected chi connectivity index (χ4v) is 3.27. The molecule has 1 fully saturated rings. The highest BCUT2D eigenvalue weighted by Gasteiger charge is 2.21. The van der Waals surface area contributed by atoms with E-state index in [0.29, 0.717) is 6.04 Å². The van der Waals surface area contributed by atoms with E-state index in [-0.39, 0.29) is 0 Å². The van der Waals surface area contributed by atoms with Crippen molar-refractivity contribution in [3.05, 3.63) is 18.2 Å². The van der Waals surface area contributed by atoms with Gasteiger partial charge < -0.3 is 9.88 Å². The summed E-state index contributed by atoms with van der Waals surface area (Å²) in [7, 11) is 0. The average Bonchev–Trinajstić information content (AvgIpc) is 3.07. The second-order valence-electron chi connectivity index (χ2n) is 5.87. The number of aromatic nitrogens is 2. The molecule has 1 aromatic heterocycles. The van der Waals surface area contributed by atoms with Crippen LogP contribution in [0, 0.1) is 5.92 Å². The first kappa shape index (κ1) is 14.6. The Morgan fingerprint density at radius 3 is 2.84 bits per heavy atom. The number of hydrogen-bond acceptors (Lipinski definition) is 2. The van der Waals surface area contributed by atoms with Crippen LogP contribution in [-0.2, 0) is 13.0 Å². The molecule has 108 valence electrons. The molecule has 0 spiro atoms. The quantitative estimate of drug-likeness (QED) is 0.779. The van der Waals surface area contributed by atoms with Crippen LogP contribution < -0.4 is 5.32 Å². The number of rotatable bonds is 8. The molecular weight excluding hydrogens is 234 g/mol. The van der Waals surface area contributed by atoms with Crippen LogP contribution in [0.5, 0.6) is 0 Å². The molecule has 1 saturated carbocycles. The second-order valence-corrected chi connectivity index (χ2v) is 5.87. The van der Waals surface area contributed by atoms with Crippen molar-refractivity contribution in [2.24, 2.45) is 5.92 Å². The zero-order chi connectivity index (χ0) is 13.5. The third kappa shape index (κ3) is 4.34. The van der Waals surface area contributed by atoms with Crippen LogP contribution >= 0.6 is 0 Å². The van der Waals surface area contributed by atoms with E-state index in [1.807, 2.05) is 6.20 Å². The van der Waals surface area contributed by atoms with Crippen LogP contribution in [0.4, 0.5) is 0 Å². The second kappa shape index (κ2) is 7.68. The Balaban J connectivity index is 1.92. The molecule has 0 radical (unpaired) electrons. The molecule has 1 unspecified atom stereocenters. The van der Waals surface area contributed by atoms with E-state index < -0.39 is 0 Å². The summed E-state index contributed by atoms with van der Waals surface area (Å²) in [6, 6.07) is 0.607. The molecule has 1 aromatic rings. The maximum Gasteiger partial charge on any atom is 0.110 e. The molecule has 1 atom stereocenters. The fraction of sp³-hybridized carbons (Fsp3) is 0.812. The normalized spacial score (nSPS) is 18.0. The van der Waals surface area contributed by atoms with Crippen molar-refractivity contribution in [1.29, 1.82) is 0 Å². The predicted molar refractivity (Wildman–Crippen MR) is 80.3 cm³/mol. The van der Waals surface area contributed by atoms with Gasteiger partial charge in [0.2, 0.25) is 0 Å². The van der Waals surface area contributed by atoms with E-state index in [1.165, 1.54) is 44.3 Å². The SMILES string of the molecule is CCCNC(Cc1nccn1CC)CC1CCCC1. The Labute approximate surface area is 117 Å². The van der Waals surface area contributed by atoms with Crippen molar-refractivity contribution >= 4 is 0 Å². The molecule has 1 heterocycles. The maximum absolute atomic E-state index is 4.53. The largest absolute Gasteiger partial charge is 0.335 e. The monoisotopic (exact) mass is 263 g/mol. The van der Waals surface area contributed by atoms with E-state index in [2.05, 4.69) is 34.9 Å². The van der Waals surface area contributed by atoms with Crippen LogP contribution in [0.25, 0.3) is 0 Å².